The first-order chi connectivity index (χ1) is 21.9. The van der Waals surface area contributed by atoms with E-state index in [1.165, 1.54) is 4.31 Å². The molecular formula is C38H45N3O4S. The molecule has 2 atom stereocenters. The molecule has 0 saturated heterocycles. The topological polar surface area (TPSA) is 86.8 Å². The molecule has 2 unspecified atom stereocenters. The fraction of sp³-hybridized carbons (Fsp3) is 0.316. The van der Waals surface area contributed by atoms with E-state index < -0.39 is 28.5 Å². The van der Waals surface area contributed by atoms with Gasteiger partial charge in [0.1, 0.15) is 12.6 Å². The number of nitrogens with zero attached hydrogens (tertiary/aromatic N) is 2. The van der Waals surface area contributed by atoms with Gasteiger partial charge in [0, 0.05) is 19.0 Å². The van der Waals surface area contributed by atoms with Crippen molar-refractivity contribution in [3.63, 3.8) is 0 Å². The molecular weight excluding hydrogens is 595 g/mol. The number of hydrogen-bond donors (Lipinski definition) is 1. The second-order valence-corrected chi connectivity index (χ2v) is 14.0. The molecule has 0 bridgehead atoms. The molecule has 4 aromatic carbocycles. The van der Waals surface area contributed by atoms with Gasteiger partial charge >= 0.3 is 0 Å². The van der Waals surface area contributed by atoms with Crippen LogP contribution in [0.25, 0.3) is 0 Å². The summed E-state index contributed by atoms with van der Waals surface area (Å²) in [6.07, 6.45) is 1.000. The quantitative estimate of drug-likeness (QED) is 0.177. The summed E-state index contributed by atoms with van der Waals surface area (Å²) in [4.78, 5) is 30.3. The van der Waals surface area contributed by atoms with Gasteiger partial charge in [-0.1, -0.05) is 85.3 Å². The van der Waals surface area contributed by atoms with Gasteiger partial charge in [0.25, 0.3) is 10.0 Å². The molecule has 8 heteroatoms. The Balaban J connectivity index is 1.84. The Hall–Kier alpha value is -4.43. The molecule has 0 aromatic heterocycles. The molecule has 7 nitrogen and oxygen atoms in total. The van der Waals surface area contributed by atoms with E-state index in [9.17, 15) is 18.0 Å². The summed E-state index contributed by atoms with van der Waals surface area (Å²) in [6.45, 7) is 11.2. The summed E-state index contributed by atoms with van der Waals surface area (Å²) >= 11 is 0. The first kappa shape index (κ1) is 34.4. The van der Waals surface area contributed by atoms with E-state index in [-0.39, 0.29) is 29.8 Å². The second-order valence-electron chi connectivity index (χ2n) is 12.1. The Morgan fingerprint density at radius 1 is 0.783 bits per heavy atom. The summed E-state index contributed by atoms with van der Waals surface area (Å²) in [5, 5.41) is 3.08. The van der Waals surface area contributed by atoms with Crippen LogP contribution in [0.3, 0.4) is 0 Å². The van der Waals surface area contributed by atoms with E-state index in [1.54, 1.807) is 41.3 Å². The zero-order valence-corrected chi connectivity index (χ0v) is 28.5. The SMILES string of the molecule is CCC(C)NC(=O)C(Cc1ccccc1)N(Cc1ccccc1C)C(=O)CN(c1cc(C)cc(C)c1)S(=O)(=O)c1ccc(C)cc1. The normalized spacial score (nSPS) is 12.7. The molecule has 242 valence electrons. The molecule has 4 rings (SSSR count). The summed E-state index contributed by atoms with van der Waals surface area (Å²) in [6, 6.07) is 28.5. The Labute approximate surface area is 274 Å². The van der Waals surface area contributed by atoms with Crippen molar-refractivity contribution in [1.82, 2.24) is 10.2 Å². The van der Waals surface area contributed by atoms with Crippen molar-refractivity contribution in [3.05, 3.63) is 130 Å². The van der Waals surface area contributed by atoms with Gasteiger partial charge in [0.05, 0.1) is 10.6 Å². The predicted molar refractivity (Wildman–Crippen MR) is 185 cm³/mol. The summed E-state index contributed by atoms with van der Waals surface area (Å²) in [5.41, 5.74) is 5.81. The van der Waals surface area contributed by atoms with Gasteiger partial charge in [-0.25, -0.2) is 8.42 Å². The van der Waals surface area contributed by atoms with Crippen LogP contribution in [0.5, 0.6) is 0 Å². The number of rotatable bonds is 13. The number of aryl methyl sites for hydroxylation is 4. The molecule has 0 aliphatic heterocycles. The smallest absolute Gasteiger partial charge is 0.264 e. The number of carbonyl (C=O) groups excluding carboxylic acids is 2. The van der Waals surface area contributed by atoms with Gasteiger partial charge in [0.2, 0.25) is 11.8 Å². The maximum atomic E-state index is 14.7. The Morgan fingerprint density at radius 2 is 1.39 bits per heavy atom. The summed E-state index contributed by atoms with van der Waals surface area (Å²) in [5.74, 6) is -0.752. The Morgan fingerprint density at radius 3 is 2.00 bits per heavy atom. The highest BCUT2D eigenvalue weighted by Crippen LogP contribution is 2.27. The van der Waals surface area contributed by atoms with E-state index in [4.69, 9.17) is 0 Å². The zero-order chi connectivity index (χ0) is 33.4. The number of nitrogens with one attached hydrogen (secondary N) is 1. The van der Waals surface area contributed by atoms with E-state index in [1.807, 2.05) is 102 Å². The van der Waals surface area contributed by atoms with Crippen LogP contribution < -0.4 is 9.62 Å². The fourth-order valence-electron chi connectivity index (χ4n) is 5.43. The van der Waals surface area contributed by atoms with Gasteiger partial charge in [-0.3, -0.25) is 13.9 Å². The molecule has 0 fully saturated rings. The molecule has 0 aliphatic rings. The van der Waals surface area contributed by atoms with Crippen molar-refractivity contribution in [3.8, 4) is 0 Å². The number of carbonyl (C=O) groups is 2. The fourth-order valence-corrected chi connectivity index (χ4v) is 6.82. The number of sulfonamides is 1. The van der Waals surface area contributed by atoms with Crippen LogP contribution in [-0.4, -0.2) is 43.8 Å². The van der Waals surface area contributed by atoms with Crippen molar-refractivity contribution >= 4 is 27.5 Å². The summed E-state index contributed by atoms with van der Waals surface area (Å²) < 4.78 is 29.8. The second kappa shape index (κ2) is 15.2. The monoisotopic (exact) mass is 639 g/mol. The molecule has 0 spiro atoms. The lowest BCUT2D eigenvalue weighted by molar-refractivity contribution is -0.140. The van der Waals surface area contributed by atoms with Crippen molar-refractivity contribution in [2.45, 2.75) is 77.9 Å². The highest BCUT2D eigenvalue weighted by atomic mass is 32.2. The Kier molecular flexibility index (Phi) is 11.4. The average molecular weight is 640 g/mol. The number of amides is 2. The highest BCUT2D eigenvalue weighted by Gasteiger charge is 2.35. The van der Waals surface area contributed by atoms with E-state index in [0.717, 1.165) is 39.8 Å². The van der Waals surface area contributed by atoms with Crippen LogP contribution in [0, 0.1) is 27.7 Å². The first-order valence-electron chi connectivity index (χ1n) is 15.7. The van der Waals surface area contributed by atoms with Crippen LogP contribution in [0.1, 0.15) is 53.6 Å². The van der Waals surface area contributed by atoms with Crippen LogP contribution in [0.2, 0.25) is 0 Å². The zero-order valence-electron chi connectivity index (χ0n) is 27.7. The van der Waals surface area contributed by atoms with Gasteiger partial charge in [0.15, 0.2) is 0 Å². The van der Waals surface area contributed by atoms with Crippen LogP contribution in [0.15, 0.2) is 102 Å². The van der Waals surface area contributed by atoms with Crippen molar-refractivity contribution in [2.24, 2.45) is 0 Å². The minimum absolute atomic E-state index is 0.0888. The summed E-state index contributed by atoms with van der Waals surface area (Å²) in [7, 11) is -4.16. The van der Waals surface area contributed by atoms with E-state index >= 15 is 0 Å². The van der Waals surface area contributed by atoms with Crippen LogP contribution in [-0.2, 0) is 32.6 Å². The maximum absolute atomic E-state index is 14.7. The van der Waals surface area contributed by atoms with Gasteiger partial charge < -0.3 is 10.2 Å². The molecule has 0 heterocycles. The van der Waals surface area contributed by atoms with E-state index in [2.05, 4.69) is 5.32 Å². The van der Waals surface area contributed by atoms with Crippen LogP contribution >= 0.6 is 0 Å². The van der Waals surface area contributed by atoms with Gasteiger partial charge in [-0.05, 0) is 93.1 Å². The maximum Gasteiger partial charge on any atom is 0.264 e. The molecule has 0 aliphatic carbocycles. The number of anilines is 1. The lowest BCUT2D eigenvalue weighted by Gasteiger charge is -2.34. The van der Waals surface area contributed by atoms with Gasteiger partial charge in [-0.2, -0.15) is 0 Å². The standard InChI is InChI=1S/C38H45N3O4S/c1-7-31(6)39-38(43)36(24-32-14-9-8-10-15-32)40(25-33-16-12-11-13-30(33)5)37(42)26-41(34-22-28(3)21-29(4)23-34)46(44,45)35-19-17-27(2)18-20-35/h8-23,31,36H,7,24-26H2,1-6H3,(H,39,43). The Bertz CT molecular complexity index is 1730. The van der Waals surface area contributed by atoms with Crippen molar-refractivity contribution in [1.29, 1.82) is 0 Å². The van der Waals surface area contributed by atoms with Crippen molar-refractivity contribution < 1.29 is 18.0 Å². The molecule has 1 N–H and O–H groups in total. The lowest BCUT2D eigenvalue weighted by atomic mass is 10.0. The molecule has 0 radical (unpaired) electrons. The molecule has 46 heavy (non-hydrogen) atoms. The predicted octanol–water partition coefficient (Wildman–Crippen LogP) is 6.67. The van der Waals surface area contributed by atoms with Crippen LogP contribution in [0.4, 0.5) is 5.69 Å². The molecule has 0 saturated carbocycles. The van der Waals surface area contributed by atoms with Gasteiger partial charge in [-0.15, -0.1) is 0 Å². The highest BCUT2D eigenvalue weighted by molar-refractivity contribution is 7.92. The minimum atomic E-state index is -4.16. The average Bonchev–Trinajstić information content (AvgIpc) is 3.02. The third kappa shape index (κ3) is 8.63. The minimum Gasteiger partial charge on any atom is -0.352 e. The third-order valence-corrected chi connectivity index (χ3v) is 10.0. The van der Waals surface area contributed by atoms with E-state index in [0.29, 0.717) is 5.69 Å². The third-order valence-electron chi connectivity index (χ3n) is 8.26. The molecule has 4 aromatic rings. The molecule has 2 amide bonds. The first-order valence-corrected chi connectivity index (χ1v) is 17.2. The largest absolute Gasteiger partial charge is 0.352 e. The lowest BCUT2D eigenvalue weighted by Crippen LogP contribution is -2.54. The number of hydrogen-bond acceptors (Lipinski definition) is 4. The number of benzene rings is 4. The van der Waals surface area contributed by atoms with Crippen molar-refractivity contribution in [2.75, 3.05) is 10.8 Å².